The molecule has 1 aliphatic carbocycles. The Bertz CT molecular complexity index is 859. The van der Waals surface area contributed by atoms with Crippen LogP contribution in [-0.4, -0.2) is 54.2 Å². The predicted molar refractivity (Wildman–Crippen MR) is 148 cm³/mol. The Morgan fingerprint density at radius 3 is 1.87 bits per heavy atom. The standard InChI is InChI=1S/C31H46O7/c1-6-7-8-9-25-10-12-27(13-11-25)28-14-16-29(17-15-28)36-18-26(19-37-30(34)21(2)23(4)32)20-38-31(35)22(3)24(5)33/h14-17,23-27,32-33H,2-3,6-13,18-20H2,1,4-5H3. The zero-order valence-corrected chi connectivity index (χ0v) is 23.3. The Labute approximate surface area is 227 Å². The molecule has 0 aromatic heterocycles. The Hall–Kier alpha value is -2.64. The summed E-state index contributed by atoms with van der Waals surface area (Å²) in [6.07, 6.45) is 8.32. The van der Waals surface area contributed by atoms with Crippen molar-refractivity contribution in [3.8, 4) is 5.75 Å². The lowest BCUT2D eigenvalue weighted by Gasteiger charge is -2.29. The molecule has 2 atom stereocenters. The molecule has 1 fully saturated rings. The number of benzene rings is 1. The summed E-state index contributed by atoms with van der Waals surface area (Å²) in [5.41, 5.74) is 1.21. The molecule has 38 heavy (non-hydrogen) atoms. The molecule has 7 heteroatoms. The minimum absolute atomic E-state index is 0.0604. The van der Waals surface area contributed by atoms with Crippen LogP contribution >= 0.6 is 0 Å². The van der Waals surface area contributed by atoms with Gasteiger partial charge in [-0.05, 0) is 69.1 Å². The molecule has 1 aliphatic rings. The SMILES string of the molecule is C=C(C(=O)OCC(COC(=O)C(=C)C(C)O)COc1ccc(C2CCC(CCCCC)CC2)cc1)C(C)O. The average Bonchev–Trinajstić information content (AvgIpc) is 2.92. The highest BCUT2D eigenvalue weighted by Crippen LogP contribution is 2.38. The summed E-state index contributed by atoms with van der Waals surface area (Å²) in [7, 11) is 0. The van der Waals surface area contributed by atoms with Crippen LogP contribution in [-0.2, 0) is 19.1 Å². The van der Waals surface area contributed by atoms with Gasteiger partial charge in [0.15, 0.2) is 0 Å². The molecule has 1 aromatic rings. The summed E-state index contributed by atoms with van der Waals surface area (Å²) in [6.45, 7) is 12.1. The molecule has 7 nitrogen and oxygen atoms in total. The first-order valence-corrected chi connectivity index (χ1v) is 13.9. The van der Waals surface area contributed by atoms with Crippen molar-refractivity contribution in [2.75, 3.05) is 19.8 Å². The molecule has 1 aromatic carbocycles. The molecule has 0 bridgehead atoms. The maximum atomic E-state index is 12.1. The number of rotatable bonds is 16. The quantitative estimate of drug-likeness (QED) is 0.165. The Morgan fingerprint density at radius 2 is 1.39 bits per heavy atom. The van der Waals surface area contributed by atoms with Gasteiger partial charge in [-0.1, -0.05) is 57.9 Å². The van der Waals surface area contributed by atoms with E-state index in [4.69, 9.17) is 14.2 Å². The number of unbranched alkanes of at least 4 members (excludes halogenated alkanes) is 2. The molecule has 2 unspecified atom stereocenters. The van der Waals surface area contributed by atoms with E-state index >= 15 is 0 Å². The number of aliphatic hydroxyl groups is 2. The molecule has 0 spiro atoms. The van der Waals surface area contributed by atoms with Crippen LogP contribution in [0.3, 0.4) is 0 Å². The number of esters is 2. The third kappa shape index (κ3) is 10.6. The fraction of sp³-hybridized carbons (Fsp3) is 0.613. The Kier molecular flexibility index (Phi) is 13.6. The van der Waals surface area contributed by atoms with Crippen molar-refractivity contribution in [1.29, 1.82) is 0 Å². The molecular weight excluding hydrogens is 484 g/mol. The molecule has 2 N–H and O–H groups in total. The second-order valence-electron chi connectivity index (χ2n) is 10.6. The number of ether oxygens (including phenoxy) is 3. The van der Waals surface area contributed by atoms with Gasteiger partial charge in [-0.25, -0.2) is 9.59 Å². The fourth-order valence-electron chi connectivity index (χ4n) is 4.58. The number of carbonyl (C=O) groups excluding carboxylic acids is 2. The minimum Gasteiger partial charge on any atom is -0.493 e. The molecular formula is C31H46O7. The number of hydrogen-bond acceptors (Lipinski definition) is 7. The molecule has 0 heterocycles. The van der Waals surface area contributed by atoms with Gasteiger partial charge in [0.1, 0.15) is 19.0 Å². The van der Waals surface area contributed by atoms with Crippen LogP contribution in [0.2, 0.25) is 0 Å². The first-order chi connectivity index (χ1) is 18.1. The second kappa shape index (κ2) is 16.4. The van der Waals surface area contributed by atoms with Gasteiger partial charge >= 0.3 is 11.9 Å². The smallest absolute Gasteiger partial charge is 0.336 e. The van der Waals surface area contributed by atoms with Crippen molar-refractivity contribution in [1.82, 2.24) is 0 Å². The van der Waals surface area contributed by atoms with Gasteiger partial charge in [0.2, 0.25) is 0 Å². The lowest BCUT2D eigenvalue weighted by molar-refractivity contribution is -0.145. The molecule has 212 valence electrons. The normalized spacial score (nSPS) is 19.6. The summed E-state index contributed by atoms with van der Waals surface area (Å²) in [6, 6.07) is 8.13. The van der Waals surface area contributed by atoms with E-state index in [9.17, 15) is 19.8 Å². The van der Waals surface area contributed by atoms with E-state index in [1.807, 2.05) is 12.1 Å². The molecule has 0 amide bonds. The minimum atomic E-state index is -1.03. The van der Waals surface area contributed by atoms with Gasteiger partial charge in [-0.2, -0.15) is 0 Å². The maximum absolute atomic E-state index is 12.1. The third-order valence-corrected chi connectivity index (χ3v) is 7.33. The van der Waals surface area contributed by atoms with E-state index in [0.29, 0.717) is 11.7 Å². The zero-order chi connectivity index (χ0) is 28.1. The van der Waals surface area contributed by atoms with E-state index < -0.39 is 30.1 Å². The van der Waals surface area contributed by atoms with Crippen molar-refractivity contribution >= 4 is 11.9 Å². The fourth-order valence-corrected chi connectivity index (χ4v) is 4.58. The highest BCUT2D eigenvalue weighted by atomic mass is 16.6. The van der Waals surface area contributed by atoms with Gasteiger partial charge in [0.25, 0.3) is 0 Å². The third-order valence-electron chi connectivity index (χ3n) is 7.33. The summed E-state index contributed by atoms with van der Waals surface area (Å²) < 4.78 is 16.4. The van der Waals surface area contributed by atoms with Crippen molar-refractivity contribution in [3.63, 3.8) is 0 Å². The van der Waals surface area contributed by atoms with Crippen molar-refractivity contribution in [2.24, 2.45) is 11.8 Å². The molecule has 0 aliphatic heterocycles. The Morgan fingerprint density at radius 1 is 0.868 bits per heavy atom. The van der Waals surface area contributed by atoms with E-state index in [1.165, 1.54) is 70.8 Å². The molecule has 2 rings (SSSR count). The highest BCUT2D eigenvalue weighted by Gasteiger charge is 2.23. The van der Waals surface area contributed by atoms with Gasteiger partial charge < -0.3 is 24.4 Å². The number of carbonyl (C=O) groups is 2. The first-order valence-electron chi connectivity index (χ1n) is 13.9. The summed E-state index contributed by atoms with van der Waals surface area (Å²) in [5.74, 6) is 0.196. The summed E-state index contributed by atoms with van der Waals surface area (Å²) >= 11 is 0. The maximum Gasteiger partial charge on any atom is 0.336 e. The second-order valence-corrected chi connectivity index (χ2v) is 10.6. The van der Waals surface area contributed by atoms with Crippen LogP contribution in [0.25, 0.3) is 0 Å². The van der Waals surface area contributed by atoms with Crippen LogP contribution in [0.5, 0.6) is 5.75 Å². The lowest BCUT2D eigenvalue weighted by Crippen LogP contribution is -2.28. The molecule has 0 radical (unpaired) electrons. The predicted octanol–water partition coefficient (Wildman–Crippen LogP) is 5.50. The van der Waals surface area contributed by atoms with E-state index in [-0.39, 0.29) is 31.0 Å². The first kappa shape index (κ1) is 31.6. The molecule has 1 saturated carbocycles. The van der Waals surface area contributed by atoms with Crippen molar-refractivity contribution in [3.05, 3.63) is 54.1 Å². The largest absolute Gasteiger partial charge is 0.493 e. The van der Waals surface area contributed by atoms with E-state index in [2.05, 4.69) is 32.2 Å². The van der Waals surface area contributed by atoms with Gasteiger partial charge in [0.05, 0.1) is 35.9 Å². The summed E-state index contributed by atoms with van der Waals surface area (Å²) in [4.78, 5) is 24.2. The van der Waals surface area contributed by atoms with Crippen LogP contribution in [0.1, 0.15) is 83.6 Å². The number of hydrogen-bond donors (Lipinski definition) is 2. The lowest BCUT2D eigenvalue weighted by atomic mass is 9.77. The van der Waals surface area contributed by atoms with Gasteiger partial charge in [0, 0.05) is 0 Å². The topological polar surface area (TPSA) is 102 Å². The average molecular weight is 531 g/mol. The van der Waals surface area contributed by atoms with Crippen molar-refractivity contribution in [2.45, 2.75) is 90.3 Å². The van der Waals surface area contributed by atoms with E-state index in [1.54, 1.807) is 0 Å². The van der Waals surface area contributed by atoms with E-state index in [0.717, 1.165) is 5.92 Å². The monoisotopic (exact) mass is 530 g/mol. The van der Waals surface area contributed by atoms with Crippen molar-refractivity contribution < 1.29 is 34.0 Å². The van der Waals surface area contributed by atoms with Crippen LogP contribution in [0.15, 0.2) is 48.6 Å². The van der Waals surface area contributed by atoms with Crippen LogP contribution < -0.4 is 4.74 Å². The summed E-state index contributed by atoms with van der Waals surface area (Å²) in [5, 5.41) is 19.1. The van der Waals surface area contributed by atoms with Crippen LogP contribution in [0.4, 0.5) is 0 Å². The molecule has 0 saturated heterocycles. The van der Waals surface area contributed by atoms with Gasteiger partial charge in [-0.3, -0.25) is 0 Å². The highest BCUT2D eigenvalue weighted by molar-refractivity contribution is 5.89. The zero-order valence-electron chi connectivity index (χ0n) is 23.3. The van der Waals surface area contributed by atoms with Gasteiger partial charge in [-0.15, -0.1) is 0 Å². The number of aliphatic hydroxyl groups excluding tert-OH is 2. The van der Waals surface area contributed by atoms with Crippen LogP contribution in [0, 0.1) is 11.8 Å². The Balaban J connectivity index is 1.90.